The van der Waals surface area contributed by atoms with Gasteiger partial charge in [0.2, 0.25) is 5.95 Å². The van der Waals surface area contributed by atoms with Crippen molar-refractivity contribution in [3.63, 3.8) is 0 Å². The van der Waals surface area contributed by atoms with Crippen LogP contribution in [-0.2, 0) is 0 Å². The molecular weight excluding hydrogens is 388 g/mol. The molecule has 172 valence electrons. The average Bonchev–Trinajstić information content (AvgIpc) is 2.82. The Morgan fingerprint density at radius 1 is 1.06 bits per heavy atom. The maximum absolute atomic E-state index is 5.84. The molecule has 0 amide bonds. The van der Waals surface area contributed by atoms with Crippen molar-refractivity contribution in [3.05, 3.63) is 18.2 Å². The lowest BCUT2D eigenvalue weighted by Crippen LogP contribution is -2.26. The van der Waals surface area contributed by atoms with Crippen LogP contribution < -0.4 is 21.1 Å². The van der Waals surface area contributed by atoms with Gasteiger partial charge < -0.3 is 26.0 Å². The summed E-state index contributed by atoms with van der Waals surface area (Å²) in [6, 6.07) is 6.01. The Hall–Kier alpha value is -2.12. The minimum Gasteiger partial charge on any atom is -0.494 e. The number of nitrogens with two attached hydrogens (primary N) is 1. The van der Waals surface area contributed by atoms with Crippen molar-refractivity contribution in [1.29, 1.82) is 0 Å². The first kappa shape index (κ1) is 23.5. The van der Waals surface area contributed by atoms with Gasteiger partial charge in [-0.1, -0.05) is 19.9 Å². The summed E-state index contributed by atoms with van der Waals surface area (Å²) in [4.78, 5) is 12.1. The lowest BCUT2D eigenvalue weighted by molar-refractivity contribution is 0.289. The van der Waals surface area contributed by atoms with Crippen LogP contribution in [0.25, 0.3) is 10.9 Å². The molecule has 1 aromatic heterocycles. The largest absolute Gasteiger partial charge is 0.494 e. The standard InChI is InChI=1S/C24H40N6O/c1-4-30(5-2)15-7-14-26-23-20-8-6-9-21(31-3)22(20)28-24(29-23)27-17-19-12-10-18(16-25)11-13-19/h6,8-9,18-19H,4-5,7,10-17,25H2,1-3H3,(H2,26,27,28,29). The Balaban J connectivity index is 1.69. The van der Waals surface area contributed by atoms with E-state index >= 15 is 0 Å². The molecule has 0 radical (unpaired) electrons. The van der Waals surface area contributed by atoms with Gasteiger partial charge in [0.05, 0.1) is 7.11 Å². The smallest absolute Gasteiger partial charge is 0.225 e. The number of aromatic nitrogens is 2. The second-order valence-electron chi connectivity index (χ2n) is 8.56. The predicted octanol–water partition coefficient (Wildman–Crippen LogP) is 3.96. The van der Waals surface area contributed by atoms with Gasteiger partial charge in [-0.25, -0.2) is 4.98 Å². The van der Waals surface area contributed by atoms with Gasteiger partial charge in [-0.15, -0.1) is 0 Å². The van der Waals surface area contributed by atoms with Crippen LogP contribution in [0.15, 0.2) is 18.2 Å². The zero-order chi connectivity index (χ0) is 22.1. The molecule has 0 aliphatic heterocycles. The second kappa shape index (κ2) is 12.1. The number of rotatable bonds is 12. The van der Waals surface area contributed by atoms with Crippen molar-refractivity contribution >= 4 is 22.7 Å². The van der Waals surface area contributed by atoms with Crippen LogP contribution in [0.1, 0.15) is 46.0 Å². The lowest BCUT2D eigenvalue weighted by Gasteiger charge is -2.27. The van der Waals surface area contributed by atoms with Crippen molar-refractivity contribution < 1.29 is 4.74 Å². The Kier molecular flexibility index (Phi) is 9.15. The number of methoxy groups -OCH3 is 1. The van der Waals surface area contributed by atoms with Gasteiger partial charge in [-0.2, -0.15) is 4.98 Å². The summed E-state index contributed by atoms with van der Waals surface area (Å²) in [5.74, 6) is 3.68. The molecule has 2 aromatic rings. The highest BCUT2D eigenvalue weighted by molar-refractivity contribution is 5.94. The third kappa shape index (κ3) is 6.43. The zero-order valence-electron chi connectivity index (χ0n) is 19.5. The minimum absolute atomic E-state index is 0.658. The van der Waals surface area contributed by atoms with Crippen LogP contribution in [0.4, 0.5) is 11.8 Å². The molecule has 31 heavy (non-hydrogen) atoms. The van der Waals surface area contributed by atoms with E-state index in [0.717, 1.165) is 68.2 Å². The fraction of sp³-hybridized carbons (Fsp3) is 0.667. The van der Waals surface area contributed by atoms with E-state index < -0.39 is 0 Å². The number of nitrogens with one attached hydrogen (secondary N) is 2. The highest BCUT2D eigenvalue weighted by atomic mass is 16.5. The highest BCUT2D eigenvalue weighted by Gasteiger charge is 2.20. The van der Waals surface area contributed by atoms with E-state index in [-0.39, 0.29) is 0 Å². The van der Waals surface area contributed by atoms with Crippen LogP contribution in [0.2, 0.25) is 0 Å². The molecule has 0 atom stereocenters. The Bertz CT molecular complexity index is 802. The van der Waals surface area contributed by atoms with Crippen LogP contribution in [0, 0.1) is 11.8 Å². The molecule has 0 saturated heterocycles. The minimum atomic E-state index is 0.658. The van der Waals surface area contributed by atoms with Gasteiger partial charge >= 0.3 is 0 Å². The van der Waals surface area contributed by atoms with E-state index in [2.05, 4.69) is 35.4 Å². The fourth-order valence-electron chi connectivity index (χ4n) is 4.46. The molecule has 1 fully saturated rings. The number of ether oxygens (including phenoxy) is 1. The second-order valence-corrected chi connectivity index (χ2v) is 8.56. The summed E-state index contributed by atoms with van der Waals surface area (Å²) in [5, 5.41) is 8.04. The Morgan fingerprint density at radius 2 is 1.81 bits per heavy atom. The molecule has 7 heteroatoms. The van der Waals surface area contributed by atoms with Gasteiger partial charge in [0, 0.05) is 18.5 Å². The predicted molar refractivity (Wildman–Crippen MR) is 130 cm³/mol. The summed E-state index contributed by atoms with van der Waals surface area (Å²) >= 11 is 0. The highest BCUT2D eigenvalue weighted by Crippen LogP contribution is 2.31. The van der Waals surface area contributed by atoms with Gasteiger partial charge in [0.15, 0.2) is 0 Å². The van der Waals surface area contributed by atoms with E-state index in [9.17, 15) is 0 Å². The summed E-state index contributed by atoms with van der Waals surface area (Å²) < 4.78 is 5.58. The van der Waals surface area contributed by atoms with E-state index in [4.69, 9.17) is 20.4 Å². The van der Waals surface area contributed by atoms with Crippen LogP contribution in [-0.4, -0.2) is 61.2 Å². The van der Waals surface area contributed by atoms with Crippen molar-refractivity contribution in [2.24, 2.45) is 17.6 Å². The summed E-state index contributed by atoms with van der Waals surface area (Å²) in [7, 11) is 1.69. The lowest BCUT2D eigenvalue weighted by atomic mass is 9.82. The third-order valence-corrected chi connectivity index (χ3v) is 6.60. The van der Waals surface area contributed by atoms with E-state index in [0.29, 0.717) is 17.8 Å². The molecular formula is C24H40N6O. The van der Waals surface area contributed by atoms with Crippen LogP contribution >= 0.6 is 0 Å². The molecule has 4 N–H and O–H groups in total. The molecule has 1 heterocycles. The van der Waals surface area contributed by atoms with Gasteiger partial charge in [-0.05, 0) is 82.3 Å². The molecule has 1 aliphatic carbocycles. The van der Waals surface area contributed by atoms with Crippen LogP contribution in [0.3, 0.4) is 0 Å². The first-order chi connectivity index (χ1) is 15.2. The molecule has 7 nitrogen and oxygen atoms in total. The van der Waals surface area contributed by atoms with Gasteiger partial charge in [0.1, 0.15) is 17.1 Å². The summed E-state index contributed by atoms with van der Waals surface area (Å²) in [5.41, 5.74) is 6.68. The number of hydrogen-bond acceptors (Lipinski definition) is 7. The van der Waals surface area contributed by atoms with Crippen molar-refractivity contribution in [2.45, 2.75) is 46.0 Å². The Labute approximate surface area is 187 Å². The summed E-state index contributed by atoms with van der Waals surface area (Å²) in [6.07, 6.45) is 5.98. The zero-order valence-corrected chi connectivity index (χ0v) is 19.5. The van der Waals surface area contributed by atoms with Crippen molar-refractivity contribution in [1.82, 2.24) is 14.9 Å². The number of para-hydroxylation sites is 1. The molecule has 1 saturated carbocycles. The molecule has 1 aliphatic rings. The monoisotopic (exact) mass is 428 g/mol. The molecule has 3 rings (SSSR count). The van der Waals surface area contributed by atoms with Gasteiger partial charge in [0.25, 0.3) is 0 Å². The molecule has 0 spiro atoms. The normalized spacial score (nSPS) is 19.0. The summed E-state index contributed by atoms with van der Waals surface area (Å²) in [6.45, 7) is 10.3. The van der Waals surface area contributed by atoms with E-state index in [1.807, 2.05) is 12.1 Å². The van der Waals surface area contributed by atoms with Crippen molar-refractivity contribution in [2.75, 3.05) is 57.0 Å². The van der Waals surface area contributed by atoms with Crippen molar-refractivity contribution in [3.8, 4) is 5.75 Å². The molecule has 1 aromatic carbocycles. The average molecular weight is 429 g/mol. The molecule has 0 unspecified atom stereocenters. The van der Waals surface area contributed by atoms with Gasteiger partial charge in [-0.3, -0.25) is 0 Å². The van der Waals surface area contributed by atoms with E-state index in [1.165, 1.54) is 25.7 Å². The first-order valence-corrected chi connectivity index (χ1v) is 11.9. The number of fused-ring (bicyclic) bond motifs is 1. The van der Waals surface area contributed by atoms with Crippen LogP contribution in [0.5, 0.6) is 5.75 Å². The molecule has 0 bridgehead atoms. The number of benzene rings is 1. The fourth-order valence-corrected chi connectivity index (χ4v) is 4.46. The third-order valence-electron chi connectivity index (χ3n) is 6.60. The number of nitrogens with zero attached hydrogens (tertiary/aromatic N) is 3. The first-order valence-electron chi connectivity index (χ1n) is 11.9. The SMILES string of the molecule is CCN(CC)CCCNc1nc(NCC2CCC(CN)CC2)nc2c(OC)cccc12. The van der Waals surface area contributed by atoms with E-state index in [1.54, 1.807) is 7.11 Å². The Morgan fingerprint density at radius 3 is 2.48 bits per heavy atom. The quantitative estimate of drug-likeness (QED) is 0.441. The number of anilines is 2. The maximum atomic E-state index is 5.84. The maximum Gasteiger partial charge on any atom is 0.225 e. The topological polar surface area (TPSA) is 88.3 Å². The number of hydrogen-bond donors (Lipinski definition) is 3.